The number of fused-ring (bicyclic) bond motifs is 1. The largest absolute Gasteiger partial charge is 0.466 e. The summed E-state index contributed by atoms with van der Waals surface area (Å²) in [6, 6.07) is 20.5. The standard InChI is InChI=1S/C30H31ClN4O4/c1-4-21-11-6-9-16-26(21)35(30(38)32-23-13-10-12-22(31)19-23)20(3)28-33-25-15-8-7-14-24(25)29(37)34(28)18-17-27(36)39-5-2/h6-16,19-20H,4-5,17-18H2,1-3H3,(H,32,38). The Morgan fingerprint density at radius 1 is 1.05 bits per heavy atom. The molecule has 1 atom stereocenters. The van der Waals surface area contributed by atoms with E-state index in [4.69, 9.17) is 21.3 Å². The zero-order chi connectivity index (χ0) is 27.9. The van der Waals surface area contributed by atoms with Gasteiger partial charge >= 0.3 is 12.0 Å². The van der Waals surface area contributed by atoms with Crippen LogP contribution in [0.25, 0.3) is 10.9 Å². The zero-order valence-electron chi connectivity index (χ0n) is 22.2. The molecule has 0 radical (unpaired) electrons. The molecule has 0 saturated carbocycles. The lowest BCUT2D eigenvalue weighted by molar-refractivity contribution is -0.143. The van der Waals surface area contributed by atoms with Crippen LogP contribution in [0, 0.1) is 0 Å². The number of hydrogen-bond acceptors (Lipinski definition) is 5. The second-order valence-corrected chi connectivity index (χ2v) is 9.40. The number of aromatic nitrogens is 2. The average molecular weight is 547 g/mol. The number of nitrogens with one attached hydrogen (secondary N) is 1. The molecule has 4 rings (SSSR count). The third-order valence-corrected chi connectivity index (χ3v) is 6.66. The molecular formula is C30H31ClN4O4. The van der Waals surface area contributed by atoms with Crippen LogP contribution in [0.15, 0.2) is 77.6 Å². The zero-order valence-corrected chi connectivity index (χ0v) is 22.9. The number of carbonyl (C=O) groups excluding carboxylic acids is 2. The van der Waals surface area contributed by atoms with Gasteiger partial charge in [-0.25, -0.2) is 9.78 Å². The minimum absolute atomic E-state index is 0.00621. The van der Waals surface area contributed by atoms with Gasteiger partial charge in [0.05, 0.1) is 30.0 Å². The first kappa shape index (κ1) is 27.9. The van der Waals surface area contributed by atoms with Gasteiger partial charge < -0.3 is 10.1 Å². The van der Waals surface area contributed by atoms with Crippen molar-refractivity contribution in [2.24, 2.45) is 0 Å². The molecule has 3 aromatic carbocycles. The number of ether oxygens (including phenoxy) is 1. The molecule has 1 aromatic heterocycles. The van der Waals surface area contributed by atoms with Gasteiger partial charge in [0.1, 0.15) is 5.82 Å². The summed E-state index contributed by atoms with van der Waals surface area (Å²) in [7, 11) is 0. The van der Waals surface area contributed by atoms with Crippen LogP contribution in [0.5, 0.6) is 0 Å². The van der Waals surface area contributed by atoms with Crippen LogP contribution in [-0.2, 0) is 22.5 Å². The second-order valence-electron chi connectivity index (χ2n) is 8.97. The number of nitrogens with zero attached hydrogens (tertiary/aromatic N) is 3. The normalized spacial score (nSPS) is 11.7. The van der Waals surface area contributed by atoms with Crippen LogP contribution in [0.2, 0.25) is 5.02 Å². The van der Waals surface area contributed by atoms with Gasteiger partial charge in [-0.05, 0) is 62.2 Å². The molecule has 1 unspecified atom stereocenters. The van der Waals surface area contributed by atoms with E-state index in [2.05, 4.69) is 5.32 Å². The van der Waals surface area contributed by atoms with Gasteiger partial charge in [-0.15, -0.1) is 0 Å². The summed E-state index contributed by atoms with van der Waals surface area (Å²) in [5, 5.41) is 3.86. The van der Waals surface area contributed by atoms with Crippen molar-refractivity contribution in [3.8, 4) is 0 Å². The van der Waals surface area contributed by atoms with Crippen LogP contribution in [0.3, 0.4) is 0 Å². The maximum atomic E-state index is 13.9. The lowest BCUT2D eigenvalue weighted by Crippen LogP contribution is -2.41. The third kappa shape index (κ3) is 6.29. The van der Waals surface area contributed by atoms with Crippen LogP contribution >= 0.6 is 11.6 Å². The number of hydrogen-bond donors (Lipinski definition) is 1. The molecule has 9 heteroatoms. The molecule has 0 fully saturated rings. The summed E-state index contributed by atoms with van der Waals surface area (Å²) >= 11 is 6.16. The van der Waals surface area contributed by atoms with Crippen LogP contribution < -0.4 is 15.8 Å². The monoisotopic (exact) mass is 546 g/mol. The molecular weight excluding hydrogens is 516 g/mol. The molecule has 0 aliphatic carbocycles. The number of esters is 1. The number of halogens is 1. The van der Waals surface area contributed by atoms with Crippen molar-refractivity contribution in [2.75, 3.05) is 16.8 Å². The topological polar surface area (TPSA) is 93.5 Å². The molecule has 0 aliphatic heterocycles. The number of carbonyl (C=O) groups is 2. The highest BCUT2D eigenvalue weighted by molar-refractivity contribution is 6.30. The molecule has 202 valence electrons. The Morgan fingerprint density at radius 2 is 1.79 bits per heavy atom. The fourth-order valence-electron chi connectivity index (χ4n) is 4.56. The Labute approximate surface area is 232 Å². The molecule has 0 saturated heterocycles. The van der Waals surface area contributed by atoms with Gasteiger partial charge in [-0.1, -0.05) is 54.9 Å². The maximum Gasteiger partial charge on any atom is 0.327 e. The van der Waals surface area contributed by atoms with Crippen molar-refractivity contribution in [1.82, 2.24) is 9.55 Å². The number of rotatable bonds is 9. The summed E-state index contributed by atoms with van der Waals surface area (Å²) in [6.45, 7) is 5.88. The number of urea groups is 1. The Morgan fingerprint density at radius 3 is 2.54 bits per heavy atom. The second kappa shape index (κ2) is 12.6. The van der Waals surface area contributed by atoms with Crippen molar-refractivity contribution in [1.29, 1.82) is 0 Å². The van der Waals surface area contributed by atoms with Crippen LogP contribution in [0.4, 0.5) is 16.2 Å². The molecule has 4 aromatic rings. The Hall–Kier alpha value is -4.17. The van der Waals surface area contributed by atoms with Crippen molar-refractivity contribution < 1.29 is 14.3 Å². The predicted octanol–water partition coefficient (Wildman–Crippen LogP) is 6.37. The predicted molar refractivity (Wildman–Crippen MR) is 154 cm³/mol. The van der Waals surface area contributed by atoms with E-state index in [1.54, 1.807) is 54.3 Å². The van der Waals surface area contributed by atoms with E-state index in [-0.39, 0.29) is 25.1 Å². The quantitative estimate of drug-likeness (QED) is 0.246. The van der Waals surface area contributed by atoms with E-state index in [1.165, 1.54) is 4.57 Å². The molecule has 2 amide bonds. The van der Waals surface area contributed by atoms with Crippen LogP contribution in [0.1, 0.15) is 44.6 Å². The molecule has 0 aliphatic rings. The highest BCUT2D eigenvalue weighted by atomic mass is 35.5. The maximum absolute atomic E-state index is 13.9. The van der Waals surface area contributed by atoms with Crippen molar-refractivity contribution in [3.05, 3.63) is 99.6 Å². The number of aryl methyl sites for hydroxylation is 1. The van der Waals surface area contributed by atoms with Crippen molar-refractivity contribution >= 4 is 45.9 Å². The van der Waals surface area contributed by atoms with Gasteiger partial charge in [-0.3, -0.25) is 19.1 Å². The van der Waals surface area contributed by atoms with Crippen LogP contribution in [-0.4, -0.2) is 28.2 Å². The lowest BCUT2D eigenvalue weighted by Gasteiger charge is -2.32. The number of amides is 2. The van der Waals surface area contributed by atoms with E-state index in [0.717, 1.165) is 5.56 Å². The first-order valence-corrected chi connectivity index (χ1v) is 13.3. The van der Waals surface area contributed by atoms with E-state index in [0.29, 0.717) is 39.5 Å². The molecule has 39 heavy (non-hydrogen) atoms. The summed E-state index contributed by atoms with van der Waals surface area (Å²) in [4.78, 5) is 46.2. The summed E-state index contributed by atoms with van der Waals surface area (Å²) in [5.41, 5.74) is 2.39. The SMILES string of the molecule is CCOC(=O)CCn1c(C(C)N(C(=O)Nc2cccc(Cl)c2)c2ccccc2CC)nc2ccccc2c1=O. The molecule has 8 nitrogen and oxygen atoms in total. The lowest BCUT2D eigenvalue weighted by atomic mass is 10.1. The highest BCUT2D eigenvalue weighted by Gasteiger charge is 2.29. The van der Waals surface area contributed by atoms with Gasteiger partial charge in [0.25, 0.3) is 5.56 Å². The minimum atomic E-state index is -0.684. The Balaban J connectivity index is 1.85. The smallest absolute Gasteiger partial charge is 0.327 e. The molecule has 1 heterocycles. The number of anilines is 2. The summed E-state index contributed by atoms with van der Waals surface area (Å²) in [6.07, 6.45) is 0.679. The molecule has 0 bridgehead atoms. The number of para-hydroxylation sites is 2. The van der Waals surface area contributed by atoms with Crippen molar-refractivity contribution in [2.45, 2.75) is 46.2 Å². The molecule has 0 spiro atoms. The van der Waals surface area contributed by atoms with E-state index < -0.39 is 18.0 Å². The van der Waals surface area contributed by atoms with Gasteiger partial charge in [-0.2, -0.15) is 0 Å². The first-order valence-electron chi connectivity index (χ1n) is 12.9. The fraction of sp³-hybridized carbons (Fsp3) is 0.267. The van der Waals surface area contributed by atoms with E-state index in [9.17, 15) is 14.4 Å². The summed E-state index contributed by atoms with van der Waals surface area (Å²) in [5.74, 6) is -0.0572. The molecule has 1 N–H and O–H groups in total. The van der Waals surface area contributed by atoms with Gasteiger partial charge in [0, 0.05) is 22.9 Å². The minimum Gasteiger partial charge on any atom is -0.466 e. The first-order chi connectivity index (χ1) is 18.8. The fourth-order valence-corrected chi connectivity index (χ4v) is 4.75. The average Bonchev–Trinajstić information content (AvgIpc) is 2.93. The third-order valence-electron chi connectivity index (χ3n) is 6.42. The van der Waals surface area contributed by atoms with Crippen molar-refractivity contribution in [3.63, 3.8) is 0 Å². The van der Waals surface area contributed by atoms with E-state index in [1.807, 2.05) is 44.2 Å². The van der Waals surface area contributed by atoms with Gasteiger partial charge in [0.15, 0.2) is 0 Å². The number of benzene rings is 3. The van der Waals surface area contributed by atoms with Gasteiger partial charge in [0.2, 0.25) is 0 Å². The summed E-state index contributed by atoms with van der Waals surface area (Å²) < 4.78 is 6.56. The Bertz CT molecular complexity index is 1550. The Kier molecular flexibility index (Phi) is 8.99. The van der Waals surface area contributed by atoms with E-state index >= 15 is 0 Å². The highest BCUT2D eigenvalue weighted by Crippen LogP contribution is 2.31.